The van der Waals surface area contributed by atoms with E-state index in [1.54, 1.807) is 18.5 Å². The largest absolute Gasteiger partial charge is 0.473 e. The first kappa shape index (κ1) is 14.1. The highest BCUT2D eigenvalue weighted by Gasteiger charge is 2.18. The van der Waals surface area contributed by atoms with Crippen molar-refractivity contribution in [2.75, 3.05) is 0 Å². The summed E-state index contributed by atoms with van der Waals surface area (Å²) in [5, 5.41) is 17.5. The van der Waals surface area contributed by atoms with E-state index in [0.29, 0.717) is 17.9 Å². The molecule has 0 aromatic carbocycles. The first-order valence-corrected chi connectivity index (χ1v) is 7.30. The van der Waals surface area contributed by atoms with Crippen molar-refractivity contribution in [3.8, 4) is 18.0 Å². The number of rotatable bonds is 4. The molecule has 0 saturated heterocycles. The number of fused-ring (bicyclic) bond motifs is 1. The Morgan fingerprint density at radius 3 is 2.86 bits per heavy atom. The highest BCUT2D eigenvalue weighted by Crippen LogP contribution is 2.24. The van der Waals surface area contributed by atoms with Gasteiger partial charge in [0.05, 0.1) is 6.20 Å². The molecule has 1 aliphatic carbocycles. The van der Waals surface area contributed by atoms with E-state index in [1.807, 2.05) is 12.1 Å². The minimum absolute atomic E-state index is 0.0978. The van der Waals surface area contributed by atoms with Gasteiger partial charge in [-0.05, 0) is 32.1 Å². The highest BCUT2D eigenvalue weighted by molar-refractivity contribution is 5.75. The van der Waals surface area contributed by atoms with E-state index in [9.17, 15) is 0 Å². The smallest absolute Gasteiger partial charge is 0.233 e. The summed E-state index contributed by atoms with van der Waals surface area (Å²) in [6, 6.07) is 3.70. The molecule has 2 aromatic rings. The summed E-state index contributed by atoms with van der Waals surface area (Å²) in [6.45, 7) is 0. The lowest BCUT2D eigenvalue weighted by molar-refractivity contribution is 0.201. The third-order valence-corrected chi connectivity index (χ3v) is 3.79. The standard InChI is InChI=1S/C16H15N5O/c17-7-11(8-18)5-6-12-9-19-16-15(12)21-14(10-20-16)22-13-3-1-2-4-13/h5,9-10,13H,1-4,6H2,(H,19,20). The van der Waals surface area contributed by atoms with Crippen LogP contribution >= 0.6 is 0 Å². The third kappa shape index (κ3) is 2.91. The number of aromatic nitrogens is 3. The third-order valence-electron chi connectivity index (χ3n) is 3.79. The molecule has 1 saturated carbocycles. The Hall–Kier alpha value is -2.86. The molecule has 0 radical (unpaired) electrons. The first-order chi connectivity index (χ1) is 10.8. The van der Waals surface area contributed by atoms with Gasteiger partial charge in [0.1, 0.15) is 29.3 Å². The molecule has 0 aliphatic heterocycles. The molecule has 6 nitrogen and oxygen atoms in total. The fraction of sp³-hybridized carbons (Fsp3) is 0.375. The van der Waals surface area contributed by atoms with Gasteiger partial charge in [0.2, 0.25) is 5.88 Å². The summed E-state index contributed by atoms with van der Waals surface area (Å²) < 4.78 is 5.87. The number of nitrogens with one attached hydrogen (secondary N) is 1. The highest BCUT2D eigenvalue weighted by atomic mass is 16.5. The Bertz CT molecular complexity index is 771. The van der Waals surface area contributed by atoms with E-state index in [1.165, 1.54) is 12.8 Å². The van der Waals surface area contributed by atoms with Crippen molar-refractivity contribution in [3.63, 3.8) is 0 Å². The van der Waals surface area contributed by atoms with Gasteiger partial charge < -0.3 is 9.72 Å². The van der Waals surface area contributed by atoms with Crippen LogP contribution in [-0.4, -0.2) is 21.1 Å². The molecule has 22 heavy (non-hydrogen) atoms. The minimum atomic E-state index is 0.0978. The molecular weight excluding hydrogens is 278 g/mol. The van der Waals surface area contributed by atoms with Crippen molar-refractivity contribution < 1.29 is 4.74 Å². The lowest BCUT2D eigenvalue weighted by atomic mass is 10.1. The maximum Gasteiger partial charge on any atom is 0.233 e. The monoisotopic (exact) mass is 293 g/mol. The Morgan fingerprint density at radius 2 is 2.14 bits per heavy atom. The van der Waals surface area contributed by atoms with Gasteiger partial charge in [-0.3, -0.25) is 0 Å². The summed E-state index contributed by atoms with van der Waals surface area (Å²) in [7, 11) is 0. The van der Waals surface area contributed by atoms with Crippen molar-refractivity contribution >= 4 is 11.2 Å². The van der Waals surface area contributed by atoms with E-state index in [2.05, 4.69) is 15.0 Å². The zero-order chi connectivity index (χ0) is 15.4. The predicted molar refractivity (Wildman–Crippen MR) is 79.8 cm³/mol. The van der Waals surface area contributed by atoms with Crippen LogP contribution in [0, 0.1) is 22.7 Å². The number of ether oxygens (including phenoxy) is 1. The molecule has 6 heteroatoms. The van der Waals surface area contributed by atoms with Gasteiger partial charge in [-0.2, -0.15) is 10.5 Å². The molecular formula is C16H15N5O. The Balaban J connectivity index is 1.84. The molecule has 0 bridgehead atoms. The summed E-state index contributed by atoms with van der Waals surface area (Å²) in [5.74, 6) is 0.532. The van der Waals surface area contributed by atoms with Crippen LogP contribution in [0.3, 0.4) is 0 Å². The fourth-order valence-corrected chi connectivity index (χ4v) is 2.64. The summed E-state index contributed by atoms with van der Waals surface area (Å²) in [4.78, 5) is 11.9. The van der Waals surface area contributed by atoms with Crippen LogP contribution in [0.15, 0.2) is 24.0 Å². The average Bonchev–Trinajstić information content (AvgIpc) is 3.18. The lowest BCUT2D eigenvalue weighted by Gasteiger charge is -2.11. The second kappa shape index (κ2) is 6.28. The quantitative estimate of drug-likeness (QED) is 0.874. The maximum absolute atomic E-state index is 8.77. The Morgan fingerprint density at radius 1 is 1.36 bits per heavy atom. The molecule has 0 amide bonds. The van der Waals surface area contributed by atoms with Crippen molar-refractivity contribution in [1.29, 1.82) is 10.5 Å². The summed E-state index contributed by atoms with van der Waals surface area (Å²) in [6.07, 6.45) is 10.2. The number of H-pyrrole nitrogens is 1. The average molecular weight is 293 g/mol. The van der Waals surface area contributed by atoms with Crippen molar-refractivity contribution in [3.05, 3.63) is 29.6 Å². The number of aromatic amines is 1. The topological polar surface area (TPSA) is 98.4 Å². The molecule has 1 aliphatic rings. The number of hydrogen-bond donors (Lipinski definition) is 1. The first-order valence-electron chi connectivity index (χ1n) is 7.30. The van der Waals surface area contributed by atoms with Gasteiger partial charge in [0, 0.05) is 11.8 Å². The van der Waals surface area contributed by atoms with Gasteiger partial charge in [-0.25, -0.2) is 9.97 Å². The maximum atomic E-state index is 8.77. The van der Waals surface area contributed by atoms with Crippen LogP contribution in [0.25, 0.3) is 11.2 Å². The van der Waals surface area contributed by atoms with Crippen molar-refractivity contribution in [1.82, 2.24) is 15.0 Å². The zero-order valence-corrected chi connectivity index (χ0v) is 12.0. The fourth-order valence-electron chi connectivity index (χ4n) is 2.64. The van der Waals surface area contributed by atoms with Gasteiger partial charge >= 0.3 is 0 Å². The number of nitrogens with zero attached hydrogens (tertiary/aromatic N) is 4. The van der Waals surface area contributed by atoms with E-state index >= 15 is 0 Å². The molecule has 2 aromatic heterocycles. The number of allylic oxidation sites excluding steroid dienone is 2. The van der Waals surface area contributed by atoms with Crippen molar-refractivity contribution in [2.24, 2.45) is 0 Å². The van der Waals surface area contributed by atoms with Crippen LogP contribution in [0.5, 0.6) is 5.88 Å². The van der Waals surface area contributed by atoms with Gasteiger partial charge in [0.15, 0.2) is 5.65 Å². The molecule has 3 rings (SSSR count). The molecule has 110 valence electrons. The molecule has 0 atom stereocenters. The predicted octanol–water partition coefficient (Wildman–Crippen LogP) is 2.80. The number of nitriles is 2. The van der Waals surface area contributed by atoms with Crippen LogP contribution < -0.4 is 4.74 Å². The van der Waals surface area contributed by atoms with Crippen molar-refractivity contribution in [2.45, 2.75) is 38.2 Å². The van der Waals surface area contributed by atoms with Crippen LogP contribution in [-0.2, 0) is 6.42 Å². The molecule has 1 N–H and O–H groups in total. The van der Waals surface area contributed by atoms with Crippen LogP contribution in [0.2, 0.25) is 0 Å². The molecule has 0 spiro atoms. The van der Waals surface area contributed by atoms with Crippen LogP contribution in [0.1, 0.15) is 31.2 Å². The van der Waals surface area contributed by atoms with Gasteiger partial charge in [-0.1, -0.05) is 6.08 Å². The van der Waals surface area contributed by atoms with Gasteiger partial charge in [-0.15, -0.1) is 0 Å². The van der Waals surface area contributed by atoms with E-state index in [4.69, 9.17) is 15.3 Å². The second-order valence-corrected chi connectivity index (χ2v) is 5.29. The Kier molecular flexibility index (Phi) is 4.02. The second-order valence-electron chi connectivity index (χ2n) is 5.29. The molecule has 0 unspecified atom stereocenters. The molecule has 1 fully saturated rings. The molecule has 2 heterocycles. The zero-order valence-electron chi connectivity index (χ0n) is 12.0. The minimum Gasteiger partial charge on any atom is -0.473 e. The number of hydrogen-bond acceptors (Lipinski definition) is 5. The van der Waals surface area contributed by atoms with E-state index in [-0.39, 0.29) is 11.7 Å². The SMILES string of the molecule is N#CC(C#N)=CCc1c[nH]c2ncc(OC3CCCC3)nc12. The summed E-state index contributed by atoms with van der Waals surface area (Å²) in [5.41, 5.74) is 2.39. The van der Waals surface area contributed by atoms with E-state index < -0.39 is 0 Å². The van der Waals surface area contributed by atoms with E-state index in [0.717, 1.165) is 23.9 Å². The normalized spacial score (nSPS) is 14.5. The Labute approximate surface area is 128 Å². The van der Waals surface area contributed by atoms with Crippen LogP contribution in [0.4, 0.5) is 0 Å². The summed E-state index contributed by atoms with van der Waals surface area (Å²) >= 11 is 0. The lowest BCUT2D eigenvalue weighted by Crippen LogP contribution is -2.12. The van der Waals surface area contributed by atoms with Gasteiger partial charge in [0.25, 0.3) is 0 Å².